The second kappa shape index (κ2) is 5.44. The predicted molar refractivity (Wildman–Crippen MR) is 67.9 cm³/mol. The lowest BCUT2D eigenvalue weighted by molar-refractivity contribution is 0.0630. The molecule has 5 nitrogen and oxygen atoms in total. The number of carbonyl (C=O) groups excluding carboxylic acids is 1. The maximum atomic E-state index is 13.9. The Labute approximate surface area is 114 Å². The average Bonchev–Trinajstić information content (AvgIpc) is 2.26. The number of carboxylic acid groups (broad SMARTS) is 1. The number of carbonyl (C=O) groups is 2. The van der Waals surface area contributed by atoms with Crippen LogP contribution in [0.4, 0.5) is 19.3 Å². The van der Waals surface area contributed by atoms with Crippen LogP contribution in [-0.2, 0) is 4.74 Å². The molecule has 0 aliphatic heterocycles. The maximum absolute atomic E-state index is 13.9. The van der Waals surface area contributed by atoms with Gasteiger partial charge in [0, 0.05) is 5.56 Å². The van der Waals surface area contributed by atoms with E-state index in [0.717, 1.165) is 0 Å². The first-order chi connectivity index (χ1) is 9.03. The van der Waals surface area contributed by atoms with Crippen LogP contribution in [0.3, 0.4) is 0 Å². The molecular weight excluding hydrogens is 272 g/mol. The van der Waals surface area contributed by atoms with Crippen molar-refractivity contribution in [2.45, 2.75) is 33.3 Å². The molecule has 1 rings (SSSR count). The maximum Gasteiger partial charge on any atom is 0.412 e. The third-order valence-electron chi connectivity index (χ3n) is 2.32. The number of nitrogens with one attached hydrogen (secondary N) is 1. The fourth-order valence-electron chi connectivity index (χ4n) is 1.43. The molecule has 7 heteroatoms. The molecule has 1 aromatic carbocycles. The van der Waals surface area contributed by atoms with Gasteiger partial charge in [0.1, 0.15) is 17.0 Å². The summed E-state index contributed by atoms with van der Waals surface area (Å²) in [4.78, 5) is 22.4. The highest BCUT2D eigenvalue weighted by Crippen LogP contribution is 2.26. The Morgan fingerprint density at radius 1 is 1.30 bits per heavy atom. The summed E-state index contributed by atoms with van der Waals surface area (Å²) in [6, 6.07) is 0.563. The van der Waals surface area contributed by atoms with Crippen molar-refractivity contribution in [1.29, 1.82) is 0 Å². The zero-order valence-corrected chi connectivity index (χ0v) is 11.5. The minimum Gasteiger partial charge on any atom is -0.478 e. The zero-order valence-electron chi connectivity index (χ0n) is 11.5. The summed E-state index contributed by atoms with van der Waals surface area (Å²) in [6.45, 7) is 6.02. The molecule has 2 N–H and O–H groups in total. The summed E-state index contributed by atoms with van der Waals surface area (Å²) in [7, 11) is 0. The molecule has 0 radical (unpaired) electrons. The van der Waals surface area contributed by atoms with Gasteiger partial charge in [-0.15, -0.1) is 0 Å². The Balaban J connectivity index is 3.18. The van der Waals surface area contributed by atoms with Crippen molar-refractivity contribution in [3.05, 3.63) is 28.8 Å². The minimum atomic E-state index is -1.63. The highest BCUT2D eigenvalue weighted by atomic mass is 19.1. The van der Waals surface area contributed by atoms with Crippen molar-refractivity contribution >= 4 is 17.7 Å². The topological polar surface area (TPSA) is 75.6 Å². The molecule has 0 unspecified atom stereocenters. The van der Waals surface area contributed by atoms with Crippen LogP contribution in [-0.4, -0.2) is 22.8 Å². The quantitative estimate of drug-likeness (QED) is 0.875. The van der Waals surface area contributed by atoms with Crippen LogP contribution < -0.4 is 5.32 Å². The van der Waals surface area contributed by atoms with Crippen molar-refractivity contribution < 1.29 is 28.2 Å². The fourth-order valence-corrected chi connectivity index (χ4v) is 1.43. The summed E-state index contributed by atoms with van der Waals surface area (Å²) < 4.78 is 32.4. The Hall–Kier alpha value is -2.18. The Morgan fingerprint density at radius 3 is 2.30 bits per heavy atom. The van der Waals surface area contributed by atoms with Crippen molar-refractivity contribution in [1.82, 2.24) is 0 Å². The fraction of sp³-hybridized carbons (Fsp3) is 0.385. The van der Waals surface area contributed by atoms with E-state index < -0.39 is 40.5 Å². The standard InChI is InChI=1S/C13H15F2NO4/c1-6-8(14)5-7(11(17)18)9(15)10(6)16-12(19)20-13(2,3)4/h5H,1-4H3,(H,16,19)(H,17,18). The van der Waals surface area contributed by atoms with Gasteiger partial charge in [0.25, 0.3) is 0 Å². The third kappa shape index (κ3) is 3.66. The molecule has 0 bridgehead atoms. The molecule has 0 heterocycles. The molecule has 0 atom stereocenters. The van der Waals surface area contributed by atoms with E-state index in [1.165, 1.54) is 6.92 Å². The smallest absolute Gasteiger partial charge is 0.412 e. The van der Waals surface area contributed by atoms with E-state index in [1.54, 1.807) is 20.8 Å². The van der Waals surface area contributed by atoms with Gasteiger partial charge in [-0.2, -0.15) is 0 Å². The molecule has 20 heavy (non-hydrogen) atoms. The van der Waals surface area contributed by atoms with Gasteiger partial charge in [0.15, 0.2) is 5.82 Å². The van der Waals surface area contributed by atoms with Gasteiger partial charge >= 0.3 is 12.1 Å². The lowest BCUT2D eigenvalue weighted by Crippen LogP contribution is -2.28. The van der Waals surface area contributed by atoms with Gasteiger partial charge in [-0.05, 0) is 33.8 Å². The average molecular weight is 287 g/mol. The number of carboxylic acids is 1. The normalized spacial score (nSPS) is 11.1. The molecule has 0 saturated carbocycles. The predicted octanol–water partition coefficient (Wildman–Crippen LogP) is 3.32. The molecule has 0 aliphatic rings. The van der Waals surface area contributed by atoms with E-state index in [0.29, 0.717) is 6.07 Å². The number of benzene rings is 1. The van der Waals surface area contributed by atoms with Gasteiger partial charge < -0.3 is 9.84 Å². The Kier molecular flexibility index (Phi) is 4.32. The SMILES string of the molecule is Cc1c(F)cc(C(=O)O)c(F)c1NC(=O)OC(C)(C)C. The van der Waals surface area contributed by atoms with Crippen LogP contribution in [0.2, 0.25) is 0 Å². The van der Waals surface area contributed by atoms with E-state index in [9.17, 15) is 18.4 Å². The minimum absolute atomic E-state index is 0.210. The first kappa shape index (κ1) is 15.9. The van der Waals surface area contributed by atoms with Gasteiger partial charge in [0.2, 0.25) is 0 Å². The van der Waals surface area contributed by atoms with Crippen LogP contribution in [0.15, 0.2) is 6.07 Å². The van der Waals surface area contributed by atoms with Crippen molar-refractivity contribution in [2.24, 2.45) is 0 Å². The molecule has 1 aromatic rings. The van der Waals surface area contributed by atoms with E-state index in [4.69, 9.17) is 9.84 Å². The monoisotopic (exact) mass is 287 g/mol. The van der Waals surface area contributed by atoms with Gasteiger partial charge in [-0.3, -0.25) is 5.32 Å². The molecule has 0 spiro atoms. The van der Waals surface area contributed by atoms with E-state index in [1.807, 2.05) is 5.32 Å². The molecule has 0 aliphatic carbocycles. The largest absolute Gasteiger partial charge is 0.478 e. The summed E-state index contributed by atoms with van der Waals surface area (Å²) in [6.07, 6.45) is -0.999. The van der Waals surface area contributed by atoms with Crippen LogP contribution in [0.1, 0.15) is 36.7 Å². The summed E-state index contributed by atoms with van der Waals surface area (Å²) in [5, 5.41) is 10.8. The zero-order chi connectivity index (χ0) is 15.7. The number of halogens is 2. The van der Waals surface area contributed by atoms with Gasteiger partial charge in [-0.25, -0.2) is 18.4 Å². The van der Waals surface area contributed by atoms with E-state index in [-0.39, 0.29) is 5.56 Å². The molecule has 1 amide bonds. The lowest BCUT2D eigenvalue weighted by Gasteiger charge is -2.20. The number of ether oxygens (including phenoxy) is 1. The second-order valence-electron chi connectivity index (χ2n) is 5.15. The Bertz CT molecular complexity index is 564. The third-order valence-corrected chi connectivity index (χ3v) is 2.32. The highest BCUT2D eigenvalue weighted by Gasteiger charge is 2.23. The highest BCUT2D eigenvalue weighted by molar-refractivity contribution is 5.93. The first-order valence-corrected chi connectivity index (χ1v) is 5.75. The van der Waals surface area contributed by atoms with Crippen LogP contribution in [0.25, 0.3) is 0 Å². The van der Waals surface area contributed by atoms with Crippen molar-refractivity contribution in [3.63, 3.8) is 0 Å². The van der Waals surface area contributed by atoms with Crippen molar-refractivity contribution in [2.75, 3.05) is 5.32 Å². The van der Waals surface area contributed by atoms with E-state index >= 15 is 0 Å². The number of rotatable bonds is 2. The summed E-state index contributed by atoms with van der Waals surface area (Å²) in [5.74, 6) is -3.79. The first-order valence-electron chi connectivity index (χ1n) is 5.75. The molecule has 0 fully saturated rings. The molecular formula is C13H15F2NO4. The lowest BCUT2D eigenvalue weighted by atomic mass is 10.1. The van der Waals surface area contributed by atoms with Crippen molar-refractivity contribution in [3.8, 4) is 0 Å². The molecule has 0 aromatic heterocycles. The van der Waals surface area contributed by atoms with Gasteiger partial charge in [0.05, 0.1) is 5.69 Å². The van der Waals surface area contributed by atoms with Gasteiger partial charge in [-0.1, -0.05) is 0 Å². The number of hydrogen-bond acceptors (Lipinski definition) is 3. The van der Waals surface area contributed by atoms with Crippen LogP contribution >= 0.6 is 0 Å². The number of amides is 1. The Morgan fingerprint density at radius 2 is 1.85 bits per heavy atom. The number of aromatic carboxylic acids is 1. The van der Waals surface area contributed by atoms with Crippen LogP contribution in [0, 0.1) is 18.6 Å². The molecule has 0 saturated heterocycles. The summed E-state index contributed by atoms with van der Waals surface area (Å²) in [5.41, 5.74) is -2.44. The number of anilines is 1. The number of hydrogen-bond donors (Lipinski definition) is 2. The van der Waals surface area contributed by atoms with E-state index in [2.05, 4.69) is 0 Å². The van der Waals surface area contributed by atoms with Crippen LogP contribution in [0.5, 0.6) is 0 Å². The summed E-state index contributed by atoms with van der Waals surface area (Å²) >= 11 is 0. The molecule has 110 valence electrons. The second-order valence-corrected chi connectivity index (χ2v) is 5.15.